The smallest absolute Gasteiger partial charge is 0.306 e. The Morgan fingerprint density at radius 1 is 1.38 bits per heavy atom. The molecule has 0 spiro atoms. The molecule has 116 valence electrons. The first kappa shape index (κ1) is 15.9. The van der Waals surface area contributed by atoms with Crippen molar-refractivity contribution in [2.45, 2.75) is 30.8 Å². The number of nitrogens with zero attached hydrogens (tertiary/aromatic N) is 1. The Morgan fingerprint density at radius 3 is 2.62 bits per heavy atom. The van der Waals surface area contributed by atoms with Gasteiger partial charge in [-0.15, -0.1) is 0 Å². The van der Waals surface area contributed by atoms with Gasteiger partial charge in [0.05, 0.1) is 24.0 Å². The Bertz CT molecular complexity index is 596. The van der Waals surface area contributed by atoms with E-state index in [9.17, 15) is 13.2 Å². The lowest BCUT2D eigenvalue weighted by Crippen LogP contribution is -2.46. The molecular formula is C14H19NO5S. The molecular weight excluding hydrogens is 294 g/mol. The molecule has 0 bridgehead atoms. The molecule has 1 aliphatic heterocycles. The monoisotopic (exact) mass is 313 g/mol. The maximum absolute atomic E-state index is 12.5. The normalized spacial score (nSPS) is 20.3. The van der Waals surface area contributed by atoms with Crippen LogP contribution in [0.4, 0.5) is 0 Å². The summed E-state index contributed by atoms with van der Waals surface area (Å²) in [4.78, 5) is 10.9. The van der Waals surface area contributed by atoms with Gasteiger partial charge in [0, 0.05) is 13.1 Å². The molecule has 1 N–H and O–H groups in total. The molecule has 7 heteroatoms. The largest absolute Gasteiger partial charge is 0.481 e. The quantitative estimate of drug-likeness (QED) is 0.880. The second-order valence-corrected chi connectivity index (χ2v) is 6.89. The van der Waals surface area contributed by atoms with Crippen molar-refractivity contribution in [1.82, 2.24) is 4.31 Å². The zero-order valence-electron chi connectivity index (χ0n) is 11.9. The summed E-state index contributed by atoms with van der Waals surface area (Å²) in [5, 5.41) is 8.78. The number of ether oxygens (including phenoxy) is 1. The Hall–Kier alpha value is -1.44. The van der Waals surface area contributed by atoms with E-state index in [1.54, 1.807) is 24.3 Å². The van der Waals surface area contributed by atoms with Crippen molar-refractivity contribution >= 4 is 16.0 Å². The van der Waals surface area contributed by atoms with Gasteiger partial charge in [0.15, 0.2) is 0 Å². The number of carboxylic acid groups (broad SMARTS) is 1. The van der Waals surface area contributed by atoms with Gasteiger partial charge in [-0.05, 0) is 24.1 Å². The summed E-state index contributed by atoms with van der Waals surface area (Å²) in [5.41, 5.74) is 1.07. The fourth-order valence-electron chi connectivity index (χ4n) is 2.28. The number of aryl methyl sites for hydroxylation is 1. The van der Waals surface area contributed by atoms with Crippen molar-refractivity contribution in [2.75, 3.05) is 19.7 Å². The Balaban J connectivity index is 2.15. The third-order valence-corrected chi connectivity index (χ3v) is 5.35. The van der Waals surface area contributed by atoms with Crippen LogP contribution in [0, 0.1) is 0 Å². The average Bonchev–Trinajstić information content (AvgIpc) is 2.47. The van der Waals surface area contributed by atoms with E-state index in [0.717, 1.165) is 12.0 Å². The number of morpholine rings is 1. The third-order valence-electron chi connectivity index (χ3n) is 3.47. The van der Waals surface area contributed by atoms with Crippen LogP contribution in [0.2, 0.25) is 0 Å². The van der Waals surface area contributed by atoms with Gasteiger partial charge in [0.1, 0.15) is 0 Å². The predicted octanol–water partition coefficient (Wildman–Crippen LogP) is 1.11. The lowest BCUT2D eigenvalue weighted by Gasteiger charge is -2.31. The highest BCUT2D eigenvalue weighted by Gasteiger charge is 2.31. The van der Waals surface area contributed by atoms with Gasteiger partial charge in [-0.2, -0.15) is 4.31 Å². The fraction of sp³-hybridized carbons (Fsp3) is 0.500. The molecule has 2 rings (SSSR count). The summed E-state index contributed by atoms with van der Waals surface area (Å²) >= 11 is 0. The van der Waals surface area contributed by atoms with Crippen molar-refractivity contribution < 1.29 is 23.1 Å². The fourth-order valence-corrected chi connectivity index (χ4v) is 3.73. The minimum Gasteiger partial charge on any atom is -0.481 e. The lowest BCUT2D eigenvalue weighted by molar-refractivity contribution is -0.141. The van der Waals surface area contributed by atoms with Crippen LogP contribution in [0.3, 0.4) is 0 Å². The van der Waals surface area contributed by atoms with Gasteiger partial charge in [-0.1, -0.05) is 19.1 Å². The van der Waals surface area contributed by atoms with Crippen LogP contribution in [-0.4, -0.2) is 49.6 Å². The molecule has 0 saturated carbocycles. The van der Waals surface area contributed by atoms with E-state index in [-0.39, 0.29) is 31.0 Å². The lowest BCUT2D eigenvalue weighted by atomic mass is 10.2. The molecule has 0 aromatic heterocycles. The summed E-state index contributed by atoms with van der Waals surface area (Å²) in [6, 6.07) is 6.77. The van der Waals surface area contributed by atoms with Gasteiger partial charge in [-0.3, -0.25) is 4.79 Å². The zero-order valence-corrected chi connectivity index (χ0v) is 12.7. The summed E-state index contributed by atoms with van der Waals surface area (Å²) in [6.07, 6.45) is 0.0558. The second kappa shape index (κ2) is 6.55. The predicted molar refractivity (Wildman–Crippen MR) is 76.6 cm³/mol. The van der Waals surface area contributed by atoms with Crippen molar-refractivity contribution in [3.63, 3.8) is 0 Å². The van der Waals surface area contributed by atoms with Crippen molar-refractivity contribution in [3.8, 4) is 0 Å². The summed E-state index contributed by atoms with van der Waals surface area (Å²) < 4.78 is 31.7. The zero-order chi connectivity index (χ0) is 15.5. The molecule has 1 aliphatic rings. The maximum Gasteiger partial charge on any atom is 0.306 e. The molecule has 1 aromatic rings. The SMILES string of the molecule is CCc1ccc(S(=O)(=O)N2CCOC(CC(=O)O)C2)cc1. The van der Waals surface area contributed by atoms with Crippen LogP contribution in [0.5, 0.6) is 0 Å². The summed E-state index contributed by atoms with van der Waals surface area (Å²) in [6.45, 7) is 2.53. The van der Waals surface area contributed by atoms with Gasteiger partial charge < -0.3 is 9.84 Å². The van der Waals surface area contributed by atoms with Crippen LogP contribution in [-0.2, 0) is 26.0 Å². The highest BCUT2D eigenvalue weighted by Crippen LogP contribution is 2.20. The van der Waals surface area contributed by atoms with Gasteiger partial charge in [-0.25, -0.2) is 8.42 Å². The van der Waals surface area contributed by atoms with Crippen molar-refractivity contribution in [3.05, 3.63) is 29.8 Å². The number of carboxylic acids is 1. The number of carbonyl (C=O) groups is 1. The average molecular weight is 313 g/mol. The van der Waals surface area contributed by atoms with Crippen LogP contribution in [0.25, 0.3) is 0 Å². The molecule has 1 saturated heterocycles. The minimum absolute atomic E-state index is 0.0736. The first-order chi connectivity index (χ1) is 9.93. The Morgan fingerprint density at radius 2 is 2.05 bits per heavy atom. The number of aliphatic carboxylic acids is 1. The molecule has 21 heavy (non-hydrogen) atoms. The topological polar surface area (TPSA) is 83.9 Å². The van der Waals surface area contributed by atoms with Crippen molar-refractivity contribution in [1.29, 1.82) is 0 Å². The van der Waals surface area contributed by atoms with E-state index in [4.69, 9.17) is 9.84 Å². The number of hydrogen-bond donors (Lipinski definition) is 1. The molecule has 1 atom stereocenters. The van der Waals surface area contributed by atoms with Crippen LogP contribution >= 0.6 is 0 Å². The summed E-state index contributed by atoms with van der Waals surface area (Å²) in [7, 11) is -3.60. The van der Waals surface area contributed by atoms with E-state index in [0.29, 0.717) is 0 Å². The molecule has 1 unspecified atom stereocenters. The first-order valence-corrected chi connectivity index (χ1v) is 8.30. The number of rotatable bonds is 5. The summed E-state index contributed by atoms with van der Waals surface area (Å²) in [5.74, 6) is -0.994. The van der Waals surface area contributed by atoms with Gasteiger partial charge in [0.2, 0.25) is 10.0 Å². The highest BCUT2D eigenvalue weighted by molar-refractivity contribution is 7.89. The third kappa shape index (κ3) is 3.81. The molecule has 0 aliphatic carbocycles. The van der Waals surface area contributed by atoms with Gasteiger partial charge >= 0.3 is 5.97 Å². The molecule has 0 amide bonds. The van der Waals surface area contributed by atoms with Crippen LogP contribution < -0.4 is 0 Å². The van der Waals surface area contributed by atoms with E-state index in [1.807, 2.05) is 6.92 Å². The minimum atomic E-state index is -3.60. The van der Waals surface area contributed by atoms with E-state index < -0.39 is 22.1 Å². The molecule has 6 nitrogen and oxygen atoms in total. The van der Waals surface area contributed by atoms with E-state index in [2.05, 4.69) is 0 Å². The Kier molecular flexibility index (Phi) is 4.97. The molecule has 1 heterocycles. The standard InChI is InChI=1S/C14H19NO5S/c1-2-11-3-5-13(6-4-11)21(18,19)15-7-8-20-12(10-15)9-14(16)17/h3-6,12H,2,7-10H2,1H3,(H,16,17). The van der Waals surface area contributed by atoms with Crippen LogP contribution in [0.15, 0.2) is 29.2 Å². The van der Waals surface area contributed by atoms with Crippen LogP contribution in [0.1, 0.15) is 18.9 Å². The molecule has 1 aromatic carbocycles. The van der Waals surface area contributed by atoms with Crippen molar-refractivity contribution in [2.24, 2.45) is 0 Å². The number of sulfonamides is 1. The Labute approximate surface area is 124 Å². The highest BCUT2D eigenvalue weighted by atomic mass is 32.2. The maximum atomic E-state index is 12.5. The van der Waals surface area contributed by atoms with Gasteiger partial charge in [0.25, 0.3) is 0 Å². The number of benzene rings is 1. The first-order valence-electron chi connectivity index (χ1n) is 6.86. The number of hydrogen-bond acceptors (Lipinski definition) is 4. The molecule has 1 fully saturated rings. The molecule has 0 radical (unpaired) electrons. The second-order valence-electron chi connectivity index (χ2n) is 4.95. The van der Waals surface area contributed by atoms with E-state index >= 15 is 0 Å². The van der Waals surface area contributed by atoms with E-state index in [1.165, 1.54) is 4.31 Å².